The third kappa shape index (κ3) is 4.20. The van der Waals surface area contributed by atoms with E-state index in [0.717, 1.165) is 38.9 Å². The van der Waals surface area contributed by atoms with Crippen molar-refractivity contribution in [2.45, 2.75) is 26.2 Å². The van der Waals surface area contributed by atoms with Gasteiger partial charge in [-0.05, 0) is 44.2 Å². The molecule has 0 radical (unpaired) electrons. The zero-order valence-corrected chi connectivity index (χ0v) is 13.3. The van der Waals surface area contributed by atoms with E-state index >= 15 is 0 Å². The molecule has 0 bridgehead atoms. The minimum atomic E-state index is -0.206. The van der Waals surface area contributed by atoms with E-state index < -0.39 is 0 Å². The van der Waals surface area contributed by atoms with Crippen molar-refractivity contribution in [3.05, 3.63) is 22.4 Å². The molecule has 1 aromatic heterocycles. The van der Waals surface area contributed by atoms with Crippen molar-refractivity contribution in [2.75, 3.05) is 26.7 Å². The summed E-state index contributed by atoms with van der Waals surface area (Å²) in [5.74, 6) is 0.284. The Morgan fingerprint density at radius 2 is 2.37 bits per heavy atom. The van der Waals surface area contributed by atoms with Crippen LogP contribution in [0.3, 0.4) is 0 Å². The summed E-state index contributed by atoms with van der Waals surface area (Å²) in [6.45, 7) is 4.76. The Bertz CT molecular complexity index is 388. The first-order chi connectivity index (χ1) is 8.62. The highest BCUT2D eigenvalue weighted by atomic mass is 35.5. The smallest absolute Gasteiger partial charge is 0.229 e. The second-order valence-corrected chi connectivity index (χ2v) is 6.43. The van der Waals surface area contributed by atoms with Crippen LogP contribution in [0.1, 0.15) is 24.6 Å². The summed E-state index contributed by atoms with van der Waals surface area (Å²) in [6.07, 6.45) is 3.06. The number of carbonyl (C=O) groups is 1. The van der Waals surface area contributed by atoms with E-state index in [1.807, 2.05) is 11.9 Å². The number of thiophene rings is 1. The number of rotatable bonds is 4. The van der Waals surface area contributed by atoms with Crippen LogP contribution in [0.5, 0.6) is 0 Å². The lowest BCUT2D eigenvalue weighted by atomic mass is 9.81. The van der Waals surface area contributed by atoms with Crippen LogP contribution < -0.4 is 5.32 Å². The number of halogens is 1. The van der Waals surface area contributed by atoms with Crippen molar-refractivity contribution in [1.29, 1.82) is 0 Å². The van der Waals surface area contributed by atoms with Crippen LogP contribution in [0.15, 0.2) is 17.5 Å². The Morgan fingerprint density at radius 1 is 1.58 bits per heavy atom. The molecule has 108 valence electrons. The first-order valence-electron chi connectivity index (χ1n) is 6.60. The van der Waals surface area contributed by atoms with Crippen molar-refractivity contribution in [3.8, 4) is 0 Å². The molecule has 1 atom stereocenters. The summed E-state index contributed by atoms with van der Waals surface area (Å²) in [5, 5.41) is 5.42. The van der Waals surface area contributed by atoms with Gasteiger partial charge in [0.1, 0.15) is 0 Å². The van der Waals surface area contributed by atoms with E-state index in [-0.39, 0.29) is 23.7 Å². The fourth-order valence-electron chi connectivity index (χ4n) is 2.53. The van der Waals surface area contributed by atoms with Crippen LogP contribution in [0.25, 0.3) is 0 Å². The van der Waals surface area contributed by atoms with Crippen molar-refractivity contribution in [2.24, 2.45) is 5.41 Å². The summed E-state index contributed by atoms with van der Waals surface area (Å²) in [7, 11) is 1.93. The number of piperidine rings is 1. The molecule has 2 rings (SSSR count). The first-order valence-corrected chi connectivity index (χ1v) is 7.48. The van der Waals surface area contributed by atoms with Crippen molar-refractivity contribution < 1.29 is 4.79 Å². The lowest BCUT2D eigenvalue weighted by Gasteiger charge is -2.36. The maximum absolute atomic E-state index is 12.5. The molecule has 1 fully saturated rings. The average molecular weight is 303 g/mol. The van der Waals surface area contributed by atoms with Gasteiger partial charge in [0.2, 0.25) is 5.91 Å². The predicted octanol–water partition coefficient (Wildman–Crippen LogP) is 2.56. The molecule has 0 spiro atoms. The maximum Gasteiger partial charge on any atom is 0.229 e. The fourth-order valence-corrected chi connectivity index (χ4v) is 3.23. The van der Waals surface area contributed by atoms with Crippen LogP contribution in [-0.4, -0.2) is 37.5 Å². The number of nitrogens with zero attached hydrogens (tertiary/aromatic N) is 1. The molecule has 1 aliphatic rings. The molecule has 0 aliphatic carbocycles. The molecule has 0 saturated carbocycles. The minimum absolute atomic E-state index is 0. The van der Waals surface area contributed by atoms with E-state index in [1.54, 1.807) is 11.3 Å². The van der Waals surface area contributed by atoms with Crippen molar-refractivity contribution in [1.82, 2.24) is 10.2 Å². The number of hydrogen-bond acceptors (Lipinski definition) is 3. The van der Waals surface area contributed by atoms with Gasteiger partial charge in [-0.3, -0.25) is 4.79 Å². The minimum Gasteiger partial charge on any atom is -0.345 e. The average Bonchev–Trinajstić information content (AvgIpc) is 2.89. The SMILES string of the molecule is CN(CCc1cccs1)C(=O)C1(C)CCCNC1.Cl. The van der Waals surface area contributed by atoms with Crippen LogP contribution in [0.2, 0.25) is 0 Å². The predicted molar refractivity (Wildman–Crippen MR) is 83.1 cm³/mol. The van der Waals surface area contributed by atoms with Crippen molar-refractivity contribution in [3.63, 3.8) is 0 Å². The summed E-state index contributed by atoms with van der Waals surface area (Å²) in [5.41, 5.74) is -0.206. The van der Waals surface area contributed by atoms with E-state index in [4.69, 9.17) is 0 Å². The van der Waals surface area contributed by atoms with E-state index in [0.29, 0.717) is 0 Å². The van der Waals surface area contributed by atoms with Gasteiger partial charge < -0.3 is 10.2 Å². The molecule has 2 heterocycles. The molecule has 5 heteroatoms. The number of hydrogen-bond donors (Lipinski definition) is 1. The fraction of sp³-hybridized carbons (Fsp3) is 0.643. The second kappa shape index (κ2) is 7.27. The second-order valence-electron chi connectivity index (χ2n) is 5.40. The summed E-state index contributed by atoms with van der Waals surface area (Å²) in [4.78, 5) is 15.7. The number of nitrogens with one attached hydrogen (secondary N) is 1. The summed E-state index contributed by atoms with van der Waals surface area (Å²) < 4.78 is 0. The monoisotopic (exact) mass is 302 g/mol. The van der Waals surface area contributed by atoms with Gasteiger partial charge in [-0.2, -0.15) is 0 Å². The van der Waals surface area contributed by atoms with Crippen LogP contribution in [0.4, 0.5) is 0 Å². The zero-order chi connectivity index (χ0) is 13.0. The van der Waals surface area contributed by atoms with Gasteiger partial charge in [0.25, 0.3) is 0 Å². The van der Waals surface area contributed by atoms with Gasteiger partial charge in [-0.25, -0.2) is 0 Å². The lowest BCUT2D eigenvalue weighted by molar-refractivity contribution is -0.140. The van der Waals surface area contributed by atoms with E-state index in [9.17, 15) is 4.79 Å². The Labute approximate surface area is 125 Å². The topological polar surface area (TPSA) is 32.3 Å². The lowest BCUT2D eigenvalue weighted by Crippen LogP contribution is -2.49. The van der Waals surface area contributed by atoms with E-state index in [2.05, 4.69) is 29.8 Å². The van der Waals surface area contributed by atoms with Gasteiger partial charge in [0.15, 0.2) is 0 Å². The molecule has 19 heavy (non-hydrogen) atoms. The van der Waals surface area contributed by atoms with Gasteiger partial charge in [-0.15, -0.1) is 23.7 Å². The summed E-state index contributed by atoms with van der Waals surface area (Å²) >= 11 is 1.76. The molecule has 0 aromatic carbocycles. The zero-order valence-electron chi connectivity index (χ0n) is 11.6. The molecule has 1 amide bonds. The molecule has 1 aromatic rings. The quantitative estimate of drug-likeness (QED) is 0.927. The number of carbonyl (C=O) groups excluding carboxylic acids is 1. The highest BCUT2D eigenvalue weighted by Gasteiger charge is 2.36. The molecular weight excluding hydrogens is 280 g/mol. The molecule has 1 unspecified atom stereocenters. The first kappa shape index (κ1) is 16.5. The van der Waals surface area contributed by atoms with Crippen molar-refractivity contribution >= 4 is 29.7 Å². The maximum atomic E-state index is 12.5. The number of amides is 1. The molecule has 1 N–H and O–H groups in total. The normalized spacial score (nSPS) is 22.6. The van der Waals surface area contributed by atoms with E-state index in [1.165, 1.54) is 4.88 Å². The molecule has 3 nitrogen and oxygen atoms in total. The van der Waals surface area contributed by atoms with Crippen LogP contribution in [-0.2, 0) is 11.2 Å². The highest BCUT2D eigenvalue weighted by molar-refractivity contribution is 7.09. The third-order valence-electron chi connectivity index (χ3n) is 3.73. The largest absolute Gasteiger partial charge is 0.345 e. The molecule has 1 aliphatic heterocycles. The molecular formula is C14H23ClN2OS. The van der Waals surface area contributed by atoms with Gasteiger partial charge in [-0.1, -0.05) is 6.07 Å². The number of likely N-dealkylation sites (N-methyl/N-ethyl adjacent to an activating group) is 1. The van der Waals surface area contributed by atoms with Gasteiger partial charge in [0.05, 0.1) is 5.41 Å². The standard InChI is InChI=1S/C14H22N2OS.ClH/c1-14(7-4-8-15-11-14)13(17)16(2)9-6-12-5-3-10-18-12;/h3,5,10,15H,4,6-9,11H2,1-2H3;1H. The Kier molecular flexibility index (Phi) is 6.30. The Morgan fingerprint density at radius 3 is 2.95 bits per heavy atom. The Hall–Kier alpha value is -0.580. The van der Waals surface area contributed by atoms with Gasteiger partial charge in [0, 0.05) is 25.0 Å². The van der Waals surface area contributed by atoms with Crippen LogP contribution >= 0.6 is 23.7 Å². The third-order valence-corrected chi connectivity index (χ3v) is 4.67. The van der Waals surface area contributed by atoms with Crippen LogP contribution in [0, 0.1) is 5.41 Å². The Balaban J connectivity index is 0.00000180. The summed E-state index contributed by atoms with van der Waals surface area (Å²) in [6, 6.07) is 4.20. The van der Waals surface area contributed by atoms with Gasteiger partial charge >= 0.3 is 0 Å². The molecule has 1 saturated heterocycles. The highest BCUT2D eigenvalue weighted by Crippen LogP contribution is 2.27.